The van der Waals surface area contributed by atoms with E-state index in [9.17, 15) is 0 Å². The van der Waals surface area contributed by atoms with E-state index in [2.05, 4.69) is 15.5 Å². The average molecular weight is 550 g/mol. The van der Waals surface area contributed by atoms with Crippen LogP contribution in [-0.2, 0) is 20.6 Å². The number of nitrogens with zero attached hydrogens (tertiary/aromatic N) is 2. The van der Waals surface area contributed by atoms with Crippen LogP contribution in [0.2, 0.25) is 0 Å². The van der Waals surface area contributed by atoms with Crippen molar-refractivity contribution in [3.05, 3.63) is 24.2 Å². The Morgan fingerprint density at radius 3 is 2.77 bits per heavy atom. The maximum Gasteiger partial charge on any atom is 0.191 e. The Bertz CT molecular complexity index is 576. The Hall–Kier alpha value is -0.880. The fourth-order valence-corrected chi connectivity index (χ4v) is 3.59. The number of hydrogen-bond donors (Lipinski definition) is 2. The smallest absolute Gasteiger partial charge is 0.191 e. The van der Waals surface area contributed by atoms with Gasteiger partial charge in [-0.1, -0.05) is 0 Å². The number of rotatable bonds is 13. The van der Waals surface area contributed by atoms with Crippen LogP contribution in [0.5, 0.6) is 0 Å². The van der Waals surface area contributed by atoms with Gasteiger partial charge in [0.15, 0.2) is 5.96 Å². The molecule has 1 aromatic rings. The lowest BCUT2D eigenvalue weighted by atomic mass is 10.1. The van der Waals surface area contributed by atoms with Crippen LogP contribution in [0.15, 0.2) is 27.8 Å². The minimum atomic E-state index is 0. The molecule has 0 saturated carbocycles. The fourth-order valence-electron chi connectivity index (χ4n) is 3.59. The molecule has 2 aliphatic heterocycles. The third-order valence-electron chi connectivity index (χ3n) is 5.39. The zero-order chi connectivity index (χ0) is 20.7. The summed E-state index contributed by atoms with van der Waals surface area (Å²) in [6.45, 7) is 10.6. The molecule has 9 heteroatoms. The lowest BCUT2D eigenvalue weighted by Gasteiger charge is -2.26. The van der Waals surface area contributed by atoms with E-state index in [4.69, 9.17) is 23.6 Å². The Kier molecular flexibility index (Phi) is 14.2. The highest BCUT2D eigenvalue weighted by atomic mass is 127. The van der Waals surface area contributed by atoms with Gasteiger partial charge in [-0.05, 0) is 37.9 Å². The molecule has 3 heterocycles. The summed E-state index contributed by atoms with van der Waals surface area (Å²) in [5.41, 5.74) is 0. The van der Waals surface area contributed by atoms with Crippen molar-refractivity contribution in [2.24, 2.45) is 10.9 Å². The van der Waals surface area contributed by atoms with Crippen molar-refractivity contribution < 1.29 is 18.6 Å². The minimum Gasteiger partial charge on any atom is -0.469 e. The molecule has 3 rings (SSSR count). The molecule has 2 saturated heterocycles. The van der Waals surface area contributed by atoms with Crippen molar-refractivity contribution >= 4 is 29.9 Å². The molecule has 1 aromatic heterocycles. The van der Waals surface area contributed by atoms with E-state index < -0.39 is 0 Å². The number of halogens is 1. The van der Waals surface area contributed by atoms with Crippen LogP contribution in [0, 0.1) is 5.92 Å². The summed E-state index contributed by atoms with van der Waals surface area (Å²) in [7, 11) is 0. The van der Waals surface area contributed by atoms with Crippen LogP contribution in [0.1, 0.15) is 25.0 Å². The molecule has 0 radical (unpaired) electrons. The van der Waals surface area contributed by atoms with Gasteiger partial charge in [0.25, 0.3) is 0 Å². The molecule has 178 valence electrons. The van der Waals surface area contributed by atoms with Crippen LogP contribution < -0.4 is 10.6 Å². The third-order valence-corrected chi connectivity index (χ3v) is 5.39. The summed E-state index contributed by atoms with van der Waals surface area (Å²) in [5.74, 6) is 2.42. The summed E-state index contributed by atoms with van der Waals surface area (Å²) in [5, 5.41) is 6.89. The first-order chi connectivity index (χ1) is 14.9. The number of ether oxygens (including phenoxy) is 3. The second-order valence-corrected chi connectivity index (χ2v) is 7.88. The molecule has 0 aliphatic carbocycles. The Labute approximate surface area is 203 Å². The first-order valence-corrected chi connectivity index (χ1v) is 11.4. The van der Waals surface area contributed by atoms with E-state index in [0.29, 0.717) is 5.92 Å². The molecule has 8 nitrogen and oxygen atoms in total. The zero-order valence-electron chi connectivity index (χ0n) is 18.6. The normalized spacial score (nSPS) is 19.9. The summed E-state index contributed by atoms with van der Waals surface area (Å²) < 4.78 is 22.0. The van der Waals surface area contributed by atoms with E-state index >= 15 is 0 Å². The highest BCUT2D eigenvalue weighted by Crippen LogP contribution is 2.12. The van der Waals surface area contributed by atoms with Crippen molar-refractivity contribution in [2.75, 3.05) is 78.9 Å². The molecule has 2 fully saturated rings. The first kappa shape index (κ1) is 26.4. The van der Waals surface area contributed by atoms with E-state index in [1.54, 1.807) is 6.26 Å². The topological polar surface area (TPSA) is 80.5 Å². The Morgan fingerprint density at radius 1 is 1.13 bits per heavy atom. The Morgan fingerprint density at radius 2 is 2.00 bits per heavy atom. The van der Waals surface area contributed by atoms with Crippen LogP contribution in [0.25, 0.3) is 0 Å². The third kappa shape index (κ3) is 11.5. The maximum atomic E-state index is 5.78. The van der Waals surface area contributed by atoms with Crippen LogP contribution in [0.3, 0.4) is 0 Å². The summed E-state index contributed by atoms with van der Waals surface area (Å²) in [6.07, 6.45) is 5.69. The monoisotopic (exact) mass is 550 g/mol. The van der Waals surface area contributed by atoms with Crippen molar-refractivity contribution in [3.63, 3.8) is 0 Å². The van der Waals surface area contributed by atoms with Gasteiger partial charge < -0.3 is 29.3 Å². The maximum absolute atomic E-state index is 5.78. The molecular formula is C22H39IN4O4. The highest BCUT2D eigenvalue weighted by Gasteiger charge is 2.15. The fraction of sp³-hybridized carbons (Fsp3) is 0.773. The van der Waals surface area contributed by atoms with Crippen molar-refractivity contribution in [3.8, 4) is 0 Å². The number of furan rings is 1. The standard InChI is InChI=1S/C22H38N4O4.HI/c1-4-21(30-14-1)5-9-25-22(23-7-2-10-26-11-16-27-17-12-26)24-8-3-13-28-18-20-6-15-29-19-20;/h1,4,14,20H,2-3,5-13,15-19H2,(H2,23,24,25);1H. The van der Waals surface area contributed by atoms with E-state index in [-0.39, 0.29) is 24.0 Å². The van der Waals surface area contributed by atoms with Gasteiger partial charge in [0.05, 0.1) is 32.7 Å². The lowest BCUT2D eigenvalue weighted by molar-refractivity contribution is 0.0376. The quantitative estimate of drug-likeness (QED) is 0.169. The molecule has 0 bridgehead atoms. The van der Waals surface area contributed by atoms with Crippen molar-refractivity contribution in [2.45, 2.75) is 25.7 Å². The number of nitrogens with one attached hydrogen (secondary N) is 2. The van der Waals surface area contributed by atoms with Gasteiger partial charge in [0.2, 0.25) is 0 Å². The van der Waals surface area contributed by atoms with E-state index in [1.165, 1.54) is 0 Å². The molecule has 2 N–H and O–H groups in total. The molecular weight excluding hydrogens is 511 g/mol. The Balaban J connectivity index is 0.00000341. The predicted octanol–water partition coefficient (Wildman–Crippen LogP) is 2.14. The SMILES string of the molecule is I.c1coc(CCNC(=NCCCOCC2CCOC2)NCCCN2CCOCC2)c1. The van der Waals surface area contributed by atoms with Crippen molar-refractivity contribution in [1.29, 1.82) is 0 Å². The molecule has 1 unspecified atom stereocenters. The van der Waals surface area contributed by atoms with E-state index in [1.807, 2.05) is 12.1 Å². The minimum absolute atomic E-state index is 0. The molecule has 2 aliphatic rings. The number of hydrogen-bond acceptors (Lipinski definition) is 6. The van der Waals surface area contributed by atoms with Gasteiger partial charge in [-0.25, -0.2) is 0 Å². The van der Waals surface area contributed by atoms with Crippen LogP contribution in [-0.4, -0.2) is 89.8 Å². The summed E-state index contributed by atoms with van der Waals surface area (Å²) >= 11 is 0. The number of morpholine rings is 1. The second kappa shape index (κ2) is 16.7. The van der Waals surface area contributed by atoms with Gasteiger partial charge in [-0.3, -0.25) is 9.89 Å². The highest BCUT2D eigenvalue weighted by molar-refractivity contribution is 14.0. The molecule has 0 spiro atoms. The van der Waals surface area contributed by atoms with Crippen LogP contribution >= 0.6 is 24.0 Å². The predicted molar refractivity (Wildman–Crippen MR) is 132 cm³/mol. The van der Waals surface area contributed by atoms with Crippen LogP contribution in [0.4, 0.5) is 0 Å². The van der Waals surface area contributed by atoms with Crippen molar-refractivity contribution in [1.82, 2.24) is 15.5 Å². The van der Waals surface area contributed by atoms with Gasteiger partial charge in [-0.2, -0.15) is 0 Å². The zero-order valence-corrected chi connectivity index (χ0v) is 20.9. The summed E-state index contributed by atoms with van der Waals surface area (Å²) in [4.78, 5) is 7.18. The molecule has 1 atom stereocenters. The van der Waals surface area contributed by atoms with E-state index in [0.717, 1.165) is 116 Å². The van der Waals surface area contributed by atoms with Gasteiger partial charge in [-0.15, -0.1) is 24.0 Å². The van der Waals surface area contributed by atoms with Gasteiger partial charge >= 0.3 is 0 Å². The molecule has 0 aromatic carbocycles. The number of guanidine groups is 1. The van der Waals surface area contributed by atoms with Gasteiger partial charge in [0.1, 0.15) is 5.76 Å². The van der Waals surface area contributed by atoms with Gasteiger partial charge in [0, 0.05) is 58.3 Å². The molecule has 31 heavy (non-hydrogen) atoms. The lowest BCUT2D eigenvalue weighted by Crippen LogP contribution is -2.41. The second-order valence-electron chi connectivity index (χ2n) is 7.88. The average Bonchev–Trinajstić information content (AvgIpc) is 3.48. The largest absolute Gasteiger partial charge is 0.469 e. The first-order valence-electron chi connectivity index (χ1n) is 11.4. The summed E-state index contributed by atoms with van der Waals surface area (Å²) in [6, 6.07) is 3.92. The molecule has 0 amide bonds. The number of aliphatic imine (C=N–C) groups is 1.